The Morgan fingerprint density at radius 2 is 2.06 bits per heavy atom. The summed E-state index contributed by atoms with van der Waals surface area (Å²) in [5.74, 6) is -0.175. The maximum Gasteiger partial charge on any atom is 0.251 e. The Kier molecular flexibility index (Phi) is 3.79. The van der Waals surface area contributed by atoms with Gasteiger partial charge in [0.05, 0.1) is 6.61 Å². The van der Waals surface area contributed by atoms with Crippen molar-refractivity contribution < 1.29 is 9.90 Å². The zero-order valence-electron chi connectivity index (χ0n) is 10.2. The monoisotopic (exact) mass is 244 g/mol. The average Bonchev–Trinajstić information content (AvgIpc) is 2.92. The van der Waals surface area contributed by atoms with Gasteiger partial charge in [0.25, 0.3) is 5.91 Å². The number of carbonyl (C=O) groups excluding carboxylic acids is 1. The minimum absolute atomic E-state index is 0.0664. The van der Waals surface area contributed by atoms with Crippen molar-refractivity contribution in [3.8, 4) is 5.69 Å². The lowest BCUT2D eigenvalue weighted by atomic mass is 10.1. The summed E-state index contributed by atoms with van der Waals surface area (Å²) < 4.78 is 1.94. The highest BCUT2D eigenvalue weighted by Gasteiger charge is 2.09. The number of aliphatic hydroxyl groups excluding tert-OH is 1. The first-order valence-corrected chi connectivity index (χ1v) is 5.86. The minimum atomic E-state index is -0.243. The molecule has 0 aliphatic carbocycles. The molecule has 1 aromatic heterocycles. The van der Waals surface area contributed by atoms with Crippen molar-refractivity contribution in [3.63, 3.8) is 0 Å². The van der Waals surface area contributed by atoms with Crippen molar-refractivity contribution in [1.82, 2.24) is 9.88 Å². The van der Waals surface area contributed by atoms with E-state index in [1.165, 1.54) is 0 Å². The SMILES string of the molecule is CC(CO)NC(=O)c1cccc(-n2cccc2)c1. The van der Waals surface area contributed by atoms with Gasteiger partial charge >= 0.3 is 0 Å². The number of aromatic nitrogens is 1. The molecule has 18 heavy (non-hydrogen) atoms. The summed E-state index contributed by atoms with van der Waals surface area (Å²) in [6.45, 7) is 1.69. The van der Waals surface area contributed by atoms with Crippen LogP contribution < -0.4 is 5.32 Å². The number of aliphatic hydroxyl groups is 1. The molecule has 0 saturated carbocycles. The zero-order chi connectivity index (χ0) is 13.0. The Bertz CT molecular complexity index is 520. The van der Waals surface area contributed by atoms with E-state index in [2.05, 4.69) is 5.32 Å². The third-order valence-electron chi connectivity index (χ3n) is 2.66. The predicted octanol–water partition coefficient (Wildman–Crippen LogP) is 1.59. The van der Waals surface area contributed by atoms with Gasteiger partial charge in [0.15, 0.2) is 0 Å². The number of carbonyl (C=O) groups is 1. The molecule has 94 valence electrons. The molecule has 1 unspecified atom stereocenters. The lowest BCUT2D eigenvalue weighted by Gasteiger charge is -2.11. The van der Waals surface area contributed by atoms with Crippen LogP contribution in [0.5, 0.6) is 0 Å². The molecule has 2 aromatic rings. The maximum atomic E-state index is 11.9. The molecule has 1 heterocycles. The summed E-state index contributed by atoms with van der Waals surface area (Å²) in [7, 11) is 0. The van der Waals surface area contributed by atoms with Crippen LogP contribution in [-0.2, 0) is 0 Å². The molecule has 4 nitrogen and oxygen atoms in total. The highest BCUT2D eigenvalue weighted by Crippen LogP contribution is 2.11. The Morgan fingerprint density at radius 3 is 2.72 bits per heavy atom. The second-order valence-electron chi connectivity index (χ2n) is 4.20. The van der Waals surface area contributed by atoms with Crippen LogP contribution in [0.1, 0.15) is 17.3 Å². The van der Waals surface area contributed by atoms with Gasteiger partial charge in [-0.3, -0.25) is 4.79 Å². The first-order chi connectivity index (χ1) is 8.70. The van der Waals surface area contributed by atoms with E-state index in [9.17, 15) is 4.79 Å². The van der Waals surface area contributed by atoms with E-state index in [4.69, 9.17) is 5.11 Å². The van der Waals surface area contributed by atoms with E-state index in [1.807, 2.05) is 47.3 Å². The Morgan fingerprint density at radius 1 is 1.33 bits per heavy atom. The van der Waals surface area contributed by atoms with Gasteiger partial charge in [0, 0.05) is 29.7 Å². The molecule has 0 bridgehead atoms. The zero-order valence-corrected chi connectivity index (χ0v) is 10.2. The van der Waals surface area contributed by atoms with Crippen molar-refractivity contribution >= 4 is 5.91 Å². The van der Waals surface area contributed by atoms with E-state index in [1.54, 1.807) is 13.0 Å². The van der Waals surface area contributed by atoms with Gasteiger partial charge in [-0.05, 0) is 37.3 Å². The van der Waals surface area contributed by atoms with Crippen LogP contribution in [0.3, 0.4) is 0 Å². The Labute approximate surface area is 106 Å². The second kappa shape index (κ2) is 5.51. The summed E-state index contributed by atoms with van der Waals surface area (Å²) in [6, 6.07) is 11.0. The second-order valence-corrected chi connectivity index (χ2v) is 4.20. The molecule has 1 aromatic carbocycles. The normalized spacial score (nSPS) is 12.1. The molecular weight excluding hydrogens is 228 g/mol. The fourth-order valence-corrected chi connectivity index (χ4v) is 1.67. The average molecular weight is 244 g/mol. The van der Waals surface area contributed by atoms with E-state index in [-0.39, 0.29) is 18.6 Å². The number of benzene rings is 1. The molecule has 0 spiro atoms. The summed E-state index contributed by atoms with van der Waals surface area (Å²) in [5.41, 5.74) is 1.52. The van der Waals surface area contributed by atoms with Crippen molar-refractivity contribution in [2.75, 3.05) is 6.61 Å². The number of hydrogen-bond acceptors (Lipinski definition) is 2. The van der Waals surface area contributed by atoms with Gasteiger partial charge in [0.2, 0.25) is 0 Å². The van der Waals surface area contributed by atoms with Crippen molar-refractivity contribution in [1.29, 1.82) is 0 Å². The fourth-order valence-electron chi connectivity index (χ4n) is 1.67. The molecule has 4 heteroatoms. The molecular formula is C14H16N2O2. The highest BCUT2D eigenvalue weighted by molar-refractivity contribution is 5.94. The van der Waals surface area contributed by atoms with Gasteiger partial charge in [0.1, 0.15) is 0 Å². The number of amides is 1. The predicted molar refractivity (Wildman–Crippen MR) is 69.8 cm³/mol. The summed E-state index contributed by atoms with van der Waals surface area (Å²) in [5, 5.41) is 11.6. The van der Waals surface area contributed by atoms with E-state index in [0.29, 0.717) is 5.56 Å². The molecule has 0 aliphatic heterocycles. The molecule has 1 amide bonds. The van der Waals surface area contributed by atoms with E-state index in [0.717, 1.165) is 5.69 Å². The van der Waals surface area contributed by atoms with Crippen LogP contribution in [0.25, 0.3) is 5.69 Å². The van der Waals surface area contributed by atoms with Crippen LogP contribution in [0.4, 0.5) is 0 Å². The Balaban J connectivity index is 2.20. The van der Waals surface area contributed by atoms with Crippen LogP contribution in [0.15, 0.2) is 48.8 Å². The first kappa shape index (κ1) is 12.4. The van der Waals surface area contributed by atoms with Crippen LogP contribution in [0.2, 0.25) is 0 Å². The fraction of sp³-hybridized carbons (Fsp3) is 0.214. The third-order valence-corrected chi connectivity index (χ3v) is 2.66. The number of rotatable bonds is 4. The first-order valence-electron chi connectivity index (χ1n) is 5.86. The largest absolute Gasteiger partial charge is 0.394 e. The summed E-state index contributed by atoms with van der Waals surface area (Å²) in [4.78, 5) is 11.9. The van der Waals surface area contributed by atoms with E-state index >= 15 is 0 Å². The maximum absolute atomic E-state index is 11.9. The van der Waals surface area contributed by atoms with Crippen molar-refractivity contribution in [2.45, 2.75) is 13.0 Å². The quantitative estimate of drug-likeness (QED) is 0.858. The lowest BCUT2D eigenvalue weighted by Crippen LogP contribution is -2.34. The Hall–Kier alpha value is -2.07. The molecule has 1 atom stereocenters. The van der Waals surface area contributed by atoms with Crippen LogP contribution >= 0.6 is 0 Å². The molecule has 2 rings (SSSR count). The summed E-state index contributed by atoms with van der Waals surface area (Å²) in [6.07, 6.45) is 3.85. The standard InChI is InChI=1S/C14H16N2O2/c1-11(10-17)15-14(18)12-5-4-6-13(9-12)16-7-2-3-8-16/h2-9,11,17H,10H2,1H3,(H,15,18). The van der Waals surface area contributed by atoms with Gasteiger partial charge in [-0.1, -0.05) is 6.07 Å². The van der Waals surface area contributed by atoms with E-state index < -0.39 is 0 Å². The van der Waals surface area contributed by atoms with Gasteiger partial charge in [-0.15, -0.1) is 0 Å². The van der Waals surface area contributed by atoms with Gasteiger partial charge in [-0.25, -0.2) is 0 Å². The topological polar surface area (TPSA) is 54.3 Å². The summed E-state index contributed by atoms with van der Waals surface area (Å²) >= 11 is 0. The molecule has 2 N–H and O–H groups in total. The molecule has 0 aliphatic rings. The minimum Gasteiger partial charge on any atom is -0.394 e. The van der Waals surface area contributed by atoms with Crippen molar-refractivity contribution in [3.05, 3.63) is 54.4 Å². The van der Waals surface area contributed by atoms with Crippen LogP contribution in [-0.4, -0.2) is 28.2 Å². The number of nitrogens with one attached hydrogen (secondary N) is 1. The molecule has 0 radical (unpaired) electrons. The van der Waals surface area contributed by atoms with Gasteiger partial charge < -0.3 is 15.0 Å². The van der Waals surface area contributed by atoms with Gasteiger partial charge in [-0.2, -0.15) is 0 Å². The molecule has 0 fully saturated rings. The smallest absolute Gasteiger partial charge is 0.251 e. The highest BCUT2D eigenvalue weighted by atomic mass is 16.3. The number of nitrogens with zero attached hydrogens (tertiary/aromatic N) is 1. The lowest BCUT2D eigenvalue weighted by molar-refractivity contribution is 0.0922. The molecule has 0 saturated heterocycles. The van der Waals surface area contributed by atoms with Crippen LogP contribution in [0, 0.1) is 0 Å². The third kappa shape index (κ3) is 2.78. The number of hydrogen-bond donors (Lipinski definition) is 2. The van der Waals surface area contributed by atoms with Crippen molar-refractivity contribution in [2.24, 2.45) is 0 Å².